The predicted octanol–water partition coefficient (Wildman–Crippen LogP) is 5.27. The molecule has 1 nitrogen and oxygen atoms in total. The Bertz CT molecular complexity index is 315. The van der Waals surface area contributed by atoms with Gasteiger partial charge in [0, 0.05) is 5.57 Å². The Morgan fingerprint density at radius 2 is 2.00 bits per heavy atom. The monoisotopic (exact) mass is 266 g/mol. The van der Waals surface area contributed by atoms with Gasteiger partial charge in [0.2, 0.25) is 0 Å². The van der Waals surface area contributed by atoms with Crippen LogP contribution >= 0.6 is 11.8 Å². The number of hydrogen-bond acceptors (Lipinski definition) is 2. The molecule has 0 fully saturated rings. The van der Waals surface area contributed by atoms with Crippen LogP contribution in [0.25, 0.3) is 0 Å². The van der Waals surface area contributed by atoms with Gasteiger partial charge < -0.3 is 0 Å². The number of hydrogen-bond donors (Lipinski definition) is 0. The summed E-state index contributed by atoms with van der Waals surface area (Å²) in [5.41, 5.74) is 1.08. The molecule has 0 saturated heterocycles. The van der Waals surface area contributed by atoms with Crippen LogP contribution in [0.3, 0.4) is 0 Å². The molecule has 2 heteroatoms. The van der Waals surface area contributed by atoms with Crippen molar-refractivity contribution >= 4 is 17.5 Å². The van der Waals surface area contributed by atoms with Crippen LogP contribution in [0.2, 0.25) is 0 Å². The number of ketones is 1. The van der Waals surface area contributed by atoms with Crippen LogP contribution < -0.4 is 0 Å². The highest BCUT2D eigenvalue weighted by atomic mass is 32.2. The van der Waals surface area contributed by atoms with E-state index >= 15 is 0 Å². The van der Waals surface area contributed by atoms with Gasteiger partial charge in [-0.25, -0.2) is 0 Å². The Balaban J connectivity index is 2.39. The van der Waals surface area contributed by atoms with Gasteiger partial charge in [0.25, 0.3) is 0 Å². The van der Waals surface area contributed by atoms with E-state index in [1.807, 2.05) is 6.08 Å². The molecule has 0 saturated carbocycles. The summed E-state index contributed by atoms with van der Waals surface area (Å²) in [4.78, 5) is 13.4. The maximum absolute atomic E-state index is 12.1. The van der Waals surface area contributed by atoms with Crippen LogP contribution in [0.15, 0.2) is 22.6 Å². The lowest BCUT2D eigenvalue weighted by Gasteiger charge is -2.16. The largest absolute Gasteiger partial charge is 0.290 e. The molecular weight excluding hydrogens is 240 g/mol. The molecule has 0 radical (unpaired) electrons. The highest BCUT2D eigenvalue weighted by molar-refractivity contribution is 8.02. The van der Waals surface area contributed by atoms with E-state index in [9.17, 15) is 4.79 Å². The average Bonchev–Trinajstić information content (AvgIpc) is 2.42. The van der Waals surface area contributed by atoms with Gasteiger partial charge >= 0.3 is 0 Å². The minimum absolute atomic E-state index is 0.259. The van der Waals surface area contributed by atoms with Gasteiger partial charge in [-0.1, -0.05) is 32.3 Å². The van der Waals surface area contributed by atoms with Crippen molar-refractivity contribution in [1.82, 2.24) is 0 Å². The van der Waals surface area contributed by atoms with E-state index in [1.165, 1.54) is 43.4 Å². The predicted molar refractivity (Wildman–Crippen MR) is 81.9 cm³/mol. The summed E-state index contributed by atoms with van der Waals surface area (Å²) in [7, 11) is 0. The standard InChI is InChI=1S/C16H26OS/c1-3-4-5-6-7-8-12-15(17)14-11-9-10-13-16(14)18-2/h8,12H,3-7,9-11,13H2,1-2H3/b12-8+. The average molecular weight is 266 g/mol. The first-order chi connectivity index (χ1) is 8.79. The van der Waals surface area contributed by atoms with Crippen molar-refractivity contribution in [2.45, 2.75) is 64.7 Å². The zero-order valence-corrected chi connectivity index (χ0v) is 12.7. The van der Waals surface area contributed by atoms with Gasteiger partial charge in [-0.15, -0.1) is 11.8 Å². The Morgan fingerprint density at radius 3 is 2.72 bits per heavy atom. The molecule has 0 atom stereocenters. The summed E-state index contributed by atoms with van der Waals surface area (Å²) in [6.45, 7) is 2.22. The third-order valence-corrected chi connectivity index (χ3v) is 4.40. The van der Waals surface area contributed by atoms with E-state index in [2.05, 4.69) is 19.3 Å². The van der Waals surface area contributed by atoms with E-state index in [1.54, 1.807) is 11.8 Å². The molecule has 0 aromatic rings. The van der Waals surface area contributed by atoms with E-state index in [0.717, 1.165) is 24.8 Å². The molecule has 1 rings (SSSR count). The molecule has 0 aromatic heterocycles. The molecule has 0 N–H and O–H groups in total. The Kier molecular flexibility index (Phi) is 8.15. The fourth-order valence-electron chi connectivity index (χ4n) is 2.34. The number of thioether (sulfide) groups is 1. The van der Waals surface area contributed by atoms with Gasteiger partial charge in [-0.3, -0.25) is 4.79 Å². The summed E-state index contributed by atoms with van der Waals surface area (Å²) in [5.74, 6) is 0.259. The Labute approximate surface area is 116 Å². The second kappa shape index (κ2) is 9.43. The Hall–Kier alpha value is -0.500. The highest BCUT2D eigenvalue weighted by Gasteiger charge is 2.16. The molecular formula is C16H26OS. The molecule has 0 unspecified atom stereocenters. The fourth-order valence-corrected chi connectivity index (χ4v) is 3.14. The molecule has 0 aliphatic heterocycles. The Morgan fingerprint density at radius 1 is 1.22 bits per heavy atom. The van der Waals surface area contributed by atoms with Gasteiger partial charge in [0.1, 0.15) is 0 Å². The lowest BCUT2D eigenvalue weighted by atomic mass is 9.95. The second-order valence-corrected chi connectivity index (χ2v) is 5.83. The third kappa shape index (κ3) is 5.43. The fraction of sp³-hybridized carbons (Fsp3) is 0.688. The van der Waals surface area contributed by atoms with Crippen molar-refractivity contribution in [3.63, 3.8) is 0 Å². The SMILES string of the molecule is CCCCCC/C=C/C(=O)C1=C(SC)CCCC1. The van der Waals surface area contributed by atoms with Gasteiger partial charge in [0.15, 0.2) is 5.78 Å². The second-order valence-electron chi connectivity index (χ2n) is 4.93. The molecule has 1 aliphatic carbocycles. The van der Waals surface area contributed by atoms with Crippen molar-refractivity contribution in [2.24, 2.45) is 0 Å². The first kappa shape index (κ1) is 15.6. The van der Waals surface area contributed by atoms with Crippen LogP contribution in [0.5, 0.6) is 0 Å². The third-order valence-electron chi connectivity index (χ3n) is 3.45. The van der Waals surface area contributed by atoms with Crippen molar-refractivity contribution < 1.29 is 4.79 Å². The maximum atomic E-state index is 12.1. The van der Waals surface area contributed by atoms with E-state index in [0.29, 0.717) is 0 Å². The molecule has 0 amide bonds. The minimum Gasteiger partial charge on any atom is -0.290 e. The van der Waals surface area contributed by atoms with Crippen LogP contribution in [0.4, 0.5) is 0 Å². The topological polar surface area (TPSA) is 17.1 Å². The molecule has 0 bridgehead atoms. The number of allylic oxidation sites excluding steroid dienone is 4. The van der Waals surface area contributed by atoms with Crippen molar-refractivity contribution in [1.29, 1.82) is 0 Å². The van der Waals surface area contributed by atoms with Gasteiger partial charge in [-0.05, 0) is 55.8 Å². The van der Waals surface area contributed by atoms with Crippen molar-refractivity contribution in [3.05, 3.63) is 22.6 Å². The lowest BCUT2D eigenvalue weighted by molar-refractivity contribution is -0.111. The molecule has 1 aliphatic rings. The molecule has 18 heavy (non-hydrogen) atoms. The molecule has 0 heterocycles. The first-order valence-electron chi connectivity index (χ1n) is 7.26. The quantitative estimate of drug-likeness (QED) is 0.439. The van der Waals surface area contributed by atoms with Crippen LogP contribution in [0.1, 0.15) is 64.7 Å². The van der Waals surface area contributed by atoms with Gasteiger partial charge in [-0.2, -0.15) is 0 Å². The zero-order valence-electron chi connectivity index (χ0n) is 11.8. The smallest absolute Gasteiger partial charge is 0.182 e. The van der Waals surface area contributed by atoms with Gasteiger partial charge in [0.05, 0.1) is 0 Å². The van der Waals surface area contributed by atoms with E-state index in [-0.39, 0.29) is 5.78 Å². The lowest BCUT2D eigenvalue weighted by Crippen LogP contribution is -2.06. The summed E-state index contributed by atoms with van der Waals surface area (Å²) in [5, 5.41) is 0. The summed E-state index contributed by atoms with van der Waals surface area (Å²) in [6, 6.07) is 0. The van der Waals surface area contributed by atoms with Crippen molar-refractivity contribution in [2.75, 3.05) is 6.26 Å². The summed E-state index contributed by atoms with van der Waals surface area (Å²) in [6.07, 6.45) is 16.6. The van der Waals surface area contributed by atoms with Crippen LogP contribution in [-0.2, 0) is 4.79 Å². The van der Waals surface area contributed by atoms with Crippen LogP contribution in [-0.4, -0.2) is 12.0 Å². The molecule has 0 spiro atoms. The highest BCUT2D eigenvalue weighted by Crippen LogP contribution is 2.31. The normalized spacial score (nSPS) is 16.6. The number of rotatable bonds is 8. The molecule has 0 aromatic carbocycles. The number of carbonyl (C=O) groups excluding carboxylic acids is 1. The first-order valence-corrected chi connectivity index (χ1v) is 8.49. The van der Waals surface area contributed by atoms with Crippen LogP contribution in [0, 0.1) is 0 Å². The summed E-state index contributed by atoms with van der Waals surface area (Å²) >= 11 is 1.76. The number of carbonyl (C=O) groups is 1. The summed E-state index contributed by atoms with van der Waals surface area (Å²) < 4.78 is 0. The van der Waals surface area contributed by atoms with E-state index < -0.39 is 0 Å². The minimum atomic E-state index is 0.259. The number of unbranched alkanes of at least 4 members (excludes halogenated alkanes) is 4. The molecule has 102 valence electrons. The maximum Gasteiger partial charge on any atom is 0.182 e. The van der Waals surface area contributed by atoms with E-state index in [4.69, 9.17) is 0 Å². The van der Waals surface area contributed by atoms with Crippen molar-refractivity contribution in [3.8, 4) is 0 Å². The zero-order chi connectivity index (χ0) is 13.2.